The minimum atomic E-state index is -4.06. The average molecular weight is 327 g/mol. The fourth-order valence-corrected chi connectivity index (χ4v) is 3.70. The zero-order valence-electron chi connectivity index (χ0n) is 13.1. The molecule has 0 bridgehead atoms. The number of piperidine rings is 1. The molecule has 1 aliphatic carbocycles. The predicted octanol–water partition coefficient (Wildman–Crippen LogP) is 2.62. The van der Waals surface area contributed by atoms with E-state index < -0.39 is 12.6 Å². The third kappa shape index (κ3) is 4.25. The fraction of sp³-hybridized carbons (Fsp3) is 0.647. The largest absolute Gasteiger partial charge is 0.390 e. The normalized spacial score (nSPS) is 26.4. The highest BCUT2D eigenvalue weighted by Crippen LogP contribution is 2.30. The number of halogens is 3. The van der Waals surface area contributed by atoms with Gasteiger partial charge >= 0.3 is 6.18 Å². The van der Waals surface area contributed by atoms with Gasteiger partial charge in [-0.25, -0.2) is 0 Å². The van der Waals surface area contributed by atoms with Gasteiger partial charge in [0.25, 0.3) is 0 Å². The first-order valence-electron chi connectivity index (χ1n) is 8.31. The molecule has 6 heteroatoms. The maximum absolute atomic E-state index is 12.3. The quantitative estimate of drug-likeness (QED) is 0.893. The Kier molecular flexibility index (Phi) is 4.94. The molecule has 1 aromatic carbocycles. The van der Waals surface area contributed by atoms with E-state index in [2.05, 4.69) is 17.4 Å². The van der Waals surface area contributed by atoms with Crippen LogP contribution in [0, 0.1) is 0 Å². The summed E-state index contributed by atoms with van der Waals surface area (Å²) in [6.45, 7) is 1.57. The van der Waals surface area contributed by atoms with E-state index in [4.69, 9.17) is 5.73 Å². The topological polar surface area (TPSA) is 41.3 Å². The summed E-state index contributed by atoms with van der Waals surface area (Å²) in [7, 11) is 0. The van der Waals surface area contributed by atoms with Crippen molar-refractivity contribution in [3.8, 4) is 0 Å². The second kappa shape index (κ2) is 6.79. The number of rotatable bonds is 4. The van der Waals surface area contributed by atoms with Crippen LogP contribution in [0.3, 0.4) is 0 Å². The molecule has 1 fully saturated rings. The Hall–Kier alpha value is -1.11. The molecule has 1 heterocycles. The van der Waals surface area contributed by atoms with Crippen LogP contribution in [0.2, 0.25) is 0 Å². The molecule has 0 unspecified atom stereocenters. The summed E-state index contributed by atoms with van der Waals surface area (Å²) in [6.07, 6.45) is -2.06. The smallest absolute Gasteiger partial charge is 0.323 e. The number of nitrogens with zero attached hydrogens (tertiary/aromatic N) is 1. The van der Waals surface area contributed by atoms with E-state index in [-0.39, 0.29) is 18.6 Å². The first kappa shape index (κ1) is 16.7. The molecular formula is C17H24F3N3. The lowest BCUT2D eigenvalue weighted by Gasteiger charge is -2.34. The van der Waals surface area contributed by atoms with Gasteiger partial charge in [0, 0.05) is 24.7 Å². The van der Waals surface area contributed by atoms with Crippen LogP contribution >= 0.6 is 0 Å². The highest BCUT2D eigenvalue weighted by atomic mass is 19.4. The molecule has 3 nitrogen and oxygen atoms in total. The standard InChI is InChI=1S/C17H24F3N3/c18-17(19,20)7-10-23-8-5-13(6-9-23)22-15-11-12-3-1-2-4-14(12)16(15)21/h1-4,13,15-16,22H,5-11,21H2/t15-,16-/m1/s1. The molecule has 128 valence electrons. The zero-order chi connectivity index (χ0) is 16.4. The lowest BCUT2D eigenvalue weighted by molar-refractivity contribution is -0.138. The number of likely N-dealkylation sites (tertiary alicyclic amines) is 1. The maximum Gasteiger partial charge on any atom is 0.390 e. The van der Waals surface area contributed by atoms with Crippen molar-refractivity contribution in [1.82, 2.24) is 10.2 Å². The second-order valence-corrected chi connectivity index (χ2v) is 6.68. The molecule has 3 rings (SSSR count). The van der Waals surface area contributed by atoms with Gasteiger partial charge in [0.2, 0.25) is 0 Å². The van der Waals surface area contributed by atoms with E-state index >= 15 is 0 Å². The molecule has 3 N–H and O–H groups in total. The van der Waals surface area contributed by atoms with Gasteiger partial charge in [0.15, 0.2) is 0 Å². The van der Waals surface area contributed by atoms with E-state index in [0.717, 1.165) is 32.4 Å². The van der Waals surface area contributed by atoms with Crippen LogP contribution < -0.4 is 11.1 Å². The van der Waals surface area contributed by atoms with Crippen LogP contribution in [0.15, 0.2) is 24.3 Å². The average Bonchev–Trinajstić information content (AvgIpc) is 2.83. The summed E-state index contributed by atoms with van der Waals surface area (Å²) in [5.41, 5.74) is 8.85. The Morgan fingerprint density at radius 3 is 2.52 bits per heavy atom. The SMILES string of the molecule is N[C@@H]1c2ccccc2C[C@H]1NC1CCN(CCC(F)(F)F)CC1. The Balaban J connectivity index is 1.45. The van der Waals surface area contributed by atoms with Crippen LogP contribution in [-0.2, 0) is 6.42 Å². The molecule has 1 aromatic rings. The monoisotopic (exact) mass is 327 g/mol. The molecule has 0 radical (unpaired) electrons. The number of hydrogen-bond donors (Lipinski definition) is 2. The minimum Gasteiger partial charge on any atom is -0.323 e. The Morgan fingerprint density at radius 2 is 1.87 bits per heavy atom. The predicted molar refractivity (Wildman–Crippen MR) is 84.1 cm³/mol. The molecule has 1 saturated heterocycles. The van der Waals surface area contributed by atoms with E-state index in [0.29, 0.717) is 6.04 Å². The zero-order valence-corrected chi connectivity index (χ0v) is 13.1. The van der Waals surface area contributed by atoms with Crippen molar-refractivity contribution in [3.05, 3.63) is 35.4 Å². The van der Waals surface area contributed by atoms with Crippen molar-refractivity contribution >= 4 is 0 Å². The lowest BCUT2D eigenvalue weighted by Crippen LogP contribution is -2.49. The van der Waals surface area contributed by atoms with Gasteiger partial charge in [-0.1, -0.05) is 24.3 Å². The van der Waals surface area contributed by atoms with E-state index in [1.54, 1.807) is 0 Å². The van der Waals surface area contributed by atoms with Crippen LogP contribution in [0.1, 0.15) is 36.4 Å². The van der Waals surface area contributed by atoms with Crippen molar-refractivity contribution in [3.63, 3.8) is 0 Å². The summed E-state index contributed by atoms with van der Waals surface area (Å²) < 4.78 is 36.8. The Labute approximate surface area is 135 Å². The highest BCUT2D eigenvalue weighted by Gasteiger charge is 2.32. The molecule has 0 amide bonds. The summed E-state index contributed by atoms with van der Waals surface area (Å²) in [5, 5.41) is 3.63. The van der Waals surface area contributed by atoms with Crippen LogP contribution in [0.4, 0.5) is 13.2 Å². The van der Waals surface area contributed by atoms with E-state index in [1.165, 1.54) is 11.1 Å². The van der Waals surface area contributed by atoms with Gasteiger partial charge in [-0.15, -0.1) is 0 Å². The number of nitrogens with one attached hydrogen (secondary N) is 1. The first-order valence-corrected chi connectivity index (χ1v) is 8.31. The van der Waals surface area contributed by atoms with E-state index in [9.17, 15) is 13.2 Å². The molecule has 0 spiro atoms. The van der Waals surface area contributed by atoms with Crippen molar-refractivity contribution in [2.45, 2.75) is 50.0 Å². The third-order valence-corrected chi connectivity index (χ3v) is 5.04. The molecule has 2 aliphatic rings. The maximum atomic E-state index is 12.3. The van der Waals surface area contributed by atoms with Crippen molar-refractivity contribution in [2.75, 3.05) is 19.6 Å². The third-order valence-electron chi connectivity index (χ3n) is 5.04. The van der Waals surface area contributed by atoms with E-state index in [1.807, 2.05) is 17.0 Å². The first-order chi connectivity index (χ1) is 10.9. The van der Waals surface area contributed by atoms with Gasteiger partial charge < -0.3 is 16.0 Å². The summed E-state index contributed by atoms with van der Waals surface area (Å²) in [4.78, 5) is 1.91. The van der Waals surface area contributed by atoms with Crippen LogP contribution in [-0.4, -0.2) is 42.8 Å². The summed E-state index contributed by atoms with van der Waals surface area (Å²) in [5.74, 6) is 0. The number of alkyl halides is 3. The molecule has 0 aromatic heterocycles. The van der Waals surface area contributed by atoms with Gasteiger partial charge in [0.1, 0.15) is 0 Å². The number of hydrogen-bond acceptors (Lipinski definition) is 3. The molecule has 0 saturated carbocycles. The van der Waals surface area contributed by atoms with Crippen LogP contribution in [0.25, 0.3) is 0 Å². The summed E-state index contributed by atoms with van der Waals surface area (Å²) in [6, 6.07) is 8.85. The molecular weight excluding hydrogens is 303 g/mol. The minimum absolute atomic E-state index is 0.00876. The lowest BCUT2D eigenvalue weighted by atomic mass is 10.0. The van der Waals surface area contributed by atoms with Gasteiger partial charge in [-0.3, -0.25) is 0 Å². The highest BCUT2D eigenvalue weighted by molar-refractivity contribution is 5.36. The molecule has 23 heavy (non-hydrogen) atoms. The summed E-state index contributed by atoms with van der Waals surface area (Å²) >= 11 is 0. The number of benzene rings is 1. The van der Waals surface area contributed by atoms with Crippen molar-refractivity contribution < 1.29 is 13.2 Å². The molecule has 1 aliphatic heterocycles. The number of fused-ring (bicyclic) bond motifs is 1. The Bertz CT molecular complexity index is 524. The van der Waals surface area contributed by atoms with Gasteiger partial charge in [-0.2, -0.15) is 13.2 Å². The van der Waals surface area contributed by atoms with Gasteiger partial charge in [0.05, 0.1) is 6.42 Å². The van der Waals surface area contributed by atoms with Crippen LogP contribution in [0.5, 0.6) is 0 Å². The second-order valence-electron chi connectivity index (χ2n) is 6.68. The van der Waals surface area contributed by atoms with Crippen molar-refractivity contribution in [2.24, 2.45) is 5.73 Å². The number of nitrogens with two attached hydrogens (primary N) is 1. The molecule has 2 atom stereocenters. The van der Waals surface area contributed by atoms with Gasteiger partial charge in [-0.05, 0) is 43.5 Å². The Morgan fingerprint density at radius 1 is 1.17 bits per heavy atom. The van der Waals surface area contributed by atoms with Crippen molar-refractivity contribution in [1.29, 1.82) is 0 Å². The fourth-order valence-electron chi connectivity index (χ4n) is 3.70.